The lowest BCUT2D eigenvalue weighted by molar-refractivity contribution is -0.143. The van der Waals surface area contributed by atoms with Crippen LogP contribution in [0.15, 0.2) is 0 Å². The minimum absolute atomic E-state index is 0.0694. The number of primary amides is 1. The molecule has 0 aromatic heterocycles. The maximum atomic E-state index is 11.0. The molecule has 0 aromatic rings. The lowest BCUT2D eigenvalue weighted by atomic mass is 10.0. The molecule has 1 aliphatic heterocycles. The molecule has 0 saturated carbocycles. The highest BCUT2D eigenvalue weighted by Crippen LogP contribution is 2.17. The van der Waals surface area contributed by atoms with Crippen LogP contribution in [-0.4, -0.2) is 34.6 Å². The Morgan fingerprint density at radius 3 is 2.55 bits per heavy atom. The fourth-order valence-electron chi connectivity index (χ4n) is 1.06. The third-order valence-corrected chi connectivity index (χ3v) is 2.26. The van der Waals surface area contributed by atoms with E-state index < -0.39 is 5.91 Å². The predicted octanol–water partition coefficient (Wildman–Crippen LogP) is -0.532. The first-order valence-corrected chi connectivity index (χ1v) is 4.43. The Labute approximate surface area is 72.8 Å². The van der Waals surface area contributed by atoms with Gasteiger partial charge in [-0.1, -0.05) is 15.9 Å². The molecule has 1 heterocycles. The van der Waals surface area contributed by atoms with Gasteiger partial charge in [-0.25, -0.2) is 0 Å². The summed E-state index contributed by atoms with van der Waals surface area (Å²) >= 11 is 3.02. The third kappa shape index (κ3) is 1.53. The normalized spacial score (nSPS) is 22.6. The molecule has 4 nitrogen and oxygen atoms in total. The van der Waals surface area contributed by atoms with E-state index in [2.05, 4.69) is 15.9 Å². The number of amides is 2. The maximum Gasteiger partial charge on any atom is 0.240 e. The number of rotatable bonds is 2. The molecule has 1 saturated heterocycles. The zero-order valence-electron chi connectivity index (χ0n) is 5.92. The first kappa shape index (κ1) is 8.52. The van der Waals surface area contributed by atoms with Crippen molar-refractivity contribution in [3.8, 4) is 0 Å². The molecule has 1 aliphatic rings. The number of carbonyl (C=O) groups is 2. The van der Waals surface area contributed by atoms with Crippen LogP contribution in [0.3, 0.4) is 0 Å². The summed E-state index contributed by atoms with van der Waals surface area (Å²) < 4.78 is 0. The monoisotopic (exact) mass is 220 g/mol. The van der Waals surface area contributed by atoms with Crippen molar-refractivity contribution in [2.45, 2.75) is 12.5 Å². The Kier molecular flexibility index (Phi) is 2.49. The lowest BCUT2D eigenvalue weighted by Gasteiger charge is -2.38. The highest BCUT2D eigenvalue weighted by Gasteiger charge is 2.35. The van der Waals surface area contributed by atoms with Gasteiger partial charge in [-0.2, -0.15) is 0 Å². The van der Waals surface area contributed by atoms with Gasteiger partial charge < -0.3 is 10.6 Å². The summed E-state index contributed by atoms with van der Waals surface area (Å²) in [5.74, 6) is -0.481. The van der Waals surface area contributed by atoms with Crippen LogP contribution >= 0.6 is 15.9 Å². The van der Waals surface area contributed by atoms with Crippen LogP contribution < -0.4 is 5.73 Å². The molecule has 0 aliphatic carbocycles. The van der Waals surface area contributed by atoms with E-state index in [9.17, 15) is 9.59 Å². The molecular formula is C6H9BrN2O2. The molecule has 0 bridgehead atoms. The molecule has 2 amide bonds. The second-order valence-corrected chi connectivity index (χ2v) is 2.99. The summed E-state index contributed by atoms with van der Waals surface area (Å²) in [6.07, 6.45) is 0.702. The number of nitrogens with two attached hydrogens (primary N) is 1. The topological polar surface area (TPSA) is 63.4 Å². The van der Waals surface area contributed by atoms with Crippen LogP contribution in [0.5, 0.6) is 0 Å². The van der Waals surface area contributed by atoms with Gasteiger partial charge in [0.25, 0.3) is 0 Å². The van der Waals surface area contributed by atoms with Gasteiger partial charge in [-0.15, -0.1) is 0 Å². The zero-order valence-corrected chi connectivity index (χ0v) is 7.50. The molecule has 0 radical (unpaired) electrons. The number of hydrogen-bond donors (Lipinski definition) is 1. The minimum Gasteiger partial charge on any atom is -0.368 e. The summed E-state index contributed by atoms with van der Waals surface area (Å²) in [7, 11) is 0. The Morgan fingerprint density at radius 1 is 1.64 bits per heavy atom. The molecule has 0 spiro atoms. The van der Waals surface area contributed by atoms with Crippen LogP contribution in [0.4, 0.5) is 0 Å². The van der Waals surface area contributed by atoms with Crippen molar-refractivity contribution in [2.75, 3.05) is 11.9 Å². The number of carbonyl (C=O) groups excluding carboxylic acids is 2. The van der Waals surface area contributed by atoms with Gasteiger partial charge >= 0.3 is 0 Å². The molecule has 62 valence electrons. The van der Waals surface area contributed by atoms with Crippen molar-refractivity contribution in [3.05, 3.63) is 0 Å². The van der Waals surface area contributed by atoms with Crippen molar-refractivity contribution in [1.29, 1.82) is 0 Å². The second kappa shape index (κ2) is 3.21. The molecule has 1 atom stereocenters. The van der Waals surface area contributed by atoms with Crippen molar-refractivity contribution in [3.63, 3.8) is 0 Å². The van der Waals surface area contributed by atoms with Gasteiger partial charge in [-0.3, -0.25) is 9.59 Å². The smallest absolute Gasteiger partial charge is 0.240 e. The van der Waals surface area contributed by atoms with Gasteiger partial charge in [0.15, 0.2) is 0 Å². The number of nitrogens with zero attached hydrogens (tertiary/aromatic N) is 1. The van der Waals surface area contributed by atoms with E-state index >= 15 is 0 Å². The summed E-state index contributed by atoms with van der Waals surface area (Å²) in [4.78, 5) is 23.1. The fourth-order valence-corrected chi connectivity index (χ4v) is 1.38. The summed E-state index contributed by atoms with van der Waals surface area (Å²) in [6, 6.07) is -0.361. The standard InChI is InChI=1S/C6H9BrN2O2/c7-3-5(10)9-2-1-4(9)6(8)11/h4H,1-3H2,(H2,8,11). The van der Waals surface area contributed by atoms with Crippen LogP contribution in [0.25, 0.3) is 0 Å². The first-order chi connectivity index (χ1) is 5.16. The average molecular weight is 221 g/mol. The lowest BCUT2D eigenvalue weighted by Crippen LogP contribution is -2.57. The molecule has 1 fully saturated rings. The quantitative estimate of drug-likeness (QED) is 0.637. The average Bonchev–Trinajstić information content (AvgIpc) is 1.83. The summed E-state index contributed by atoms with van der Waals surface area (Å²) in [5.41, 5.74) is 5.03. The van der Waals surface area contributed by atoms with Crippen molar-refractivity contribution in [1.82, 2.24) is 4.90 Å². The molecule has 5 heteroatoms. The fraction of sp³-hybridized carbons (Fsp3) is 0.667. The zero-order chi connectivity index (χ0) is 8.43. The van der Waals surface area contributed by atoms with Crippen molar-refractivity contribution in [2.24, 2.45) is 5.73 Å². The van der Waals surface area contributed by atoms with Crippen LogP contribution in [0, 0.1) is 0 Å². The van der Waals surface area contributed by atoms with E-state index in [1.54, 1.807) is 0 Å². The van der Waals surface area contributed by atoms with Crippen LogP contribution in [0.2, 0.25) is 0 Å². The van der Waals surface area contributed by atoms with Gasteiger partial charge in [-0.05, 0) is 6.42 Å². The maximum absolute atomic E-state index is 11.0. The number of alkyl halides is 1. The highest BCUT2D eigenvalue weighted by molar-refractivity contribution is 9.09. The van der Waals surface area contributed by atoms with Gasteiger partial charge in [0.2, 0.25) is 11.8 Å². The summed E-state index contributed by atoms with van der Waals surface area (Å²) in [6.45, 7) is 0.651. The van der Waals surface area contributed by atoms with Crippen LogP contribution in [0.1, 0.15) is 6.42 Å². The Balaban J connectivity index is 2.49. The van der Waals surface area contributed by atoms with Gasteiger partial charge in [0.1, 0.15) is 6.04 Å². The van der Waals surface area contributed by atoms with Gasteiger partial charge in [0, 0.05) is 6.54 Å². The Bertz CT molecular complexity index is 195. The third-order valence-electron chi connectivity index (χ3n) is 1.78. The Hall–Kier alpha value is -0.580. The van der Waals surface area contributed by atoms with E-state index in [1.165, 1.54) is 4.90 Å². The molecule has 0 aromatic carbocycles. The van der Waals surface area contributed by atoms with E-state index in [1.807, 2.05) is 0 Å². The van der Waals surface area contributed by atoms with E-state index in [0.29, 0.717) is 13.0 Å². The first-order valence-electron chi connectivity index (χ1n) is 3.31. The van der Waals surface area contributed by atoms with Gasteiger partial charge in [0.05, 0.1) is 5.33 Å². The number of hydrogen-bond acceptors (Lipinski definition) is 2. The molecule has 1 rings (SSSR count). The molecule has 2 N–H and O–H groups in total. The second-order valence-electron chi connectivity index (χ2n) is 2.43. The molecule has 1 unspecified atom stereocenters. The molecule has 11 heavy (non-hydrogen) atoms. The Morgan fingerprint density at radius 2 is 2.27 bits per heavy atom. The molecular weight excluding hydrogens is 212 g/mol. The number of likely N-dealkylation sites (tertiary alicyclic amines) is 1. The predicted molar refractivity (Wildman–Crippen MR) is 43.1 cm³/mol. The highest BCUT2D eigenvalue weighted by atomic mass is 79.9. The SMILES string of the molecule is NC(=O)C1CCN1C(=O)CBr. The number of halogens is 1. The van der Waals surface area contributed by atoms with E-state index in [0.717, 1.165) is 0 Å². The summed E-state index contributed by atoms with van der Waals surface area (Å²) in [5, 5.41) is 0.261. The van der Waals surface area contributed by atoms with Crippen LogP contribution in [-0.2, 0) is 9.59 Å². The minimum atomic E-state index is -0.412. The van der Waals surface area contributed by atoms with Crippen molar-refractivity contribution >= 4 is 27.7 Å². The van der Waals surface area contributed by atoms with E-state index in [-0.39, 0.29) is 17.3 Å². The van der Waals surface area contributed by atoms with Crippen molar-refractivity contribution < 1.29 is 9.59 Å². The largest absolute Gasteiger partial charge is 0.368 e. The van der Waals surface area contributed by atoms with E-state index in [4.69, 9.17) is 5.73 Å².